The number of hydrogen-bond acceptors (Lipinski definition) is 13. The van der Waals surface area contributed by atoms with E-state index in [1.165, 1.54) is 42.5 Å². The average Bonchev–Trinajstić information content (AvgIpc) is 3.76. The number of hydrogen-bond donors (Lipinski definition) is 2. The van der Waals surface area contributed by atoms with Crippen LogP contribution in [0.2, 0.25) is 0 Å². The van der Waals surface area contributed by atoms with Gasteiger partial charge in [0.2, 0.25) is 5.88 Å². The van der Waals surface area contributed by atoms with Gasteiger partial charge in [-0.1, -0.05) is 23.5 Å². The number of sulfonamides is 1. The third-order valence-corrected chi connectivity index (χ3v) is 11.8. The molecule has 2 amide bonds. The fourth-order valence-corrected chi connectivity index (χ4v) is 8.34. The number of amides is 2. The number of nitrogens with one attached hydrogen (secondary N) is 2. The minimum absolute atomic E-state index is 0.0879. The summed E-state index contributed by atoms with van der Waals surface area (Å²) in [5, 5.41) is 11.0. The normalized spacial score (nSPS) is 16.5. The number of aromatic nitrogens is 2. The van der Waals surface area contributed by atoms with Gasteiger partial charge in [0, 0.05) is 12.6 Å². The third kappa shape index (κ3) is 6.76. The molecule has 0 bridgehead atoms. The van der Waals surface area contributed by atoms with Gasteiger partial charge in [0.25, 0.3) is 21.8 Å². The minimum Gasteiger partial charge on any atom is -0.478 e. The summed E-state index contributed by atoms with van der Waals surface area (Å²) in [7, 11) is -3.42. The van der Waals surface area contributed by atoms with Crippen molar-refractivity contribution in [3.05, 3.63) is 65.7 Å². The highest BCUT2D eigenvalue weighted by atomic mass is 32.2. The summed E-state index contributed by atoms with van der Waals surface area (Å²) in [5.41, 5.74) is 0.958. The van der Waals surface area contributed by atoms with Crippen LogP contribution in [0.3, 0.4) is 0 Å². The number of sulfone groups is 1. The van der Waals surface area contributed by atoms with Crippen LogP contribution in [-0.2, 0) is 24.7 Å². The minimum atomic E-state index is -3.94. The number of carbonyl (C=O) groups excluding carboxylic acids is 2. The van der Waals surface area contributed by atoms with Gasteiger partial charge < -0.3 is 9.64 Å². The second-order valence-electron chi connectivity index (χ2n) is 11.0. The molecule has 0 spiro atoms. The fourth-order valence-electron chi connectivity index (χ4n) is 4.69. The highest BCUT2D eigenvalue weighted by Crippen LogP contribution is 2.35. The molecule has 2 aromatic carbocycles. The van der Waals surface area contributed by atoms with E-state index in [-0.39, 0.29) is 26.2 Å². The lowest BCUT2D eigenvalue weighted by molar-refractivity contribution is -0.117. The number of azo groups is 1. The molecular weight excluding hydrogens is 655 g/mol. The lowest BCUT2D eigenvalue weighted by Crippen LogP contribution is -2.20. The first kappa shape index (κ1) is 31.7. The summed E-state index contributed by atoms with van der Waals surface area (Å²) in [6.45, 7) is 1.37. The molecule has 1 atom stereocenters. The second-order valence-corrected chi connectivity index (χ2v) is 15.9. The lowest BCUT2D eigenvalue weighted by Gasteiger charge is -2.12. The summed E-state index contributed by atoms with van der Waals surface area (Å²) >= 11 is 1.15. The molecule has 1 saturated carbocycles. The Hall–Kier alpha value is -4.32. The Morgan fingerprint density at radius 3 is 2.61 bits per heavy atom. The number of rotatable bonds is 12. The number of carbonyl (C=O) groups is 2. The number of fused-ring (bicyclic) bond motifs is 2. The second kappa shape index (κ2) is 12.5. The van der Waals surface area contributed by atoms with Crippen LogP contribution in [0.15, 0.2) is 74.6 Å². The van der Waals surface area contributed by atoms with Gasteiger partial charge in [0.1, 0.15) is 15.2 Å². The Bertz CT molecular complexity index is 2080. The van der Waals surface area contributed by atoms with E-state index in [0.29, 0.717) is 41.2 Å². The number of nitrogens with zero attached hydrogens (tertiary/aromatic N) is 5. The lowest BCUT2D eigenvalue weighted by atomic mass is 10.1. The first-order valence-electron chi connectivity index (χ1n) is 14.2. The van der Waals surface area contributed by atoms with E-state index >= 15 is 0 Å². The van der Waals surface area contributed by atoms with Crippen molar-refractivity contribution in [2.24, 2.45) is 10.2 Å². The van der Waals surface area contributed by atoms with E-state index in [1.807, 2.05) is 18.8 Å². The molecule has 240 valence electrons. The predicted octanol–water partition coefficient (Wildman–Crippen LogP) is 3.85. The molecule has 2 N–H and O–H groups in total. The highest BCUT2D eigenvalue weighted by Gasteiger charge is 2.37. The monoisotopic (exact) mass is 683 g/mol. The molecule has 3 heterocycles. The Balaban J connectivity index is 1.25. The van der Waals surface area contributed by atoms with Crippen molar-refractivity contribution in [3.63, 3.8) is 0 Å². The van der Waals surface area contributed by atoms with Crippen LogP contribution in [0, 0.1) is 0 Å². The van der Waals surface area contributed by atoms with E-state index in [0.717, 1.165) is 24.3 Å². The average molecular weight is 684 g/mol. The van der Waals surface area contributed by atoms with Gasteiger partial charge >= 0.3 is 0 Å². The van der Waals surface area contributed by atoms with Gasteiger partial charge in [0.15, 0.2) is 21.0 Å². The van der Waals surface area contributed by atoms with Crippen LogP contribution < -0.4 is 14.8 Å². The van der Waals surface area contributed by atoms with Crippen molar-refractivity contribution in [1.82, 2.24) is 19.6 Å². The Kier molecular flexibility index (Phi) is 8.58. The molecule has 1 aliphatic carbocycles. The van der Waals surface area contributed by atoms with Crippen LogP contribution in [0.4, 0.5) is 10.8 Å². The van der Waals surface area contributed by atoms with E-state index < -0.39 is 43.0 Å². The van der Waals surface area contributed by atoms with Crippen LogP contribution in [0.1, 0.15) is 41.2 Å². The summed E-state index contributed by atoms with van der Waals surface area (Å²) < 4.78 is 57.3. The number of ether oxygens (including phenoxy) is 1. The van der Waals surface area contributed by atoms with Crippen LogP contribution in [0.25, 0.3) is 10.3 Å². The van der Waals surface area contributed by atoms with Gasteiger partial charge in [-0.15, -0.1) is 0 Å². The van der Waals surface area contributed by atoms with Crippen molar-refractivity contribution in [1.29, 1.82) is 0 Å². The largest absolute Gasteiger partial charge is 0.478 e. The molecule has 0 radical (unpaired) electrons. The van der Waals surface area contributed by atoms with Crippen LogP contribution in [-0.4, -0.2) is 76.0 Å². The molecule has 4 aromatic rings. The first-order valence-corrected chi connectivity index (χ1v) is 18.1. The maximum atomic E-state index is 13.6. The topological polar surface area (TPSA) is 189 Å². The molecule has 17 heteroatoms. The quantitative estimate of drug-likeness (QED) is 0.164. The standard InChI is InChI=1S/C29H29N7O7S3/c1-36(2)14-3-15-43-24-13-11-22-28(31-24)44-29(30-22)32-27(38)25(17-4-7-19(8-5-17)45(39,40)20-9-10-20)34-33-18-6-12-23-21(16-18)26(37)35-46(23,41)42/h4-8,11-13,16,20,25H,3,9-10,14-15H2,1-2H3,(H,35,37)(H,30,32,38). The maximum absolute atomic E-state index is 13.6. The van der Waals surface area contributed by atoms with Gasteiger partial charge in [0.05, 0.1) is 28.0 Å². The fraction of sp³-hybridized carbons (Fsp3) is 0.310. The predicted molar refractivity (Wildman–Crippen MR) is 170 cm³/mol. The van der Waals surface area contributed by atoms with E-state index in [2.05, 4.69) is 30.4 Å². The van der Waals surface area contributed by atoms with Crippen molar-refractivity contribution >= 4 is 64.2 Å². The molecule has 46 heavy (non-hydrogen) atoms. The summed E-state index contributed by atoms with van der Waals surface area (Å²) in [6.07, 6.45) is 2.06. The van der Waals surface area contributed by atoms with E-state index in [4.69, 9.17) is 4.74 Å². The summed E-state index contributed by atoms with van der Waals surface area (Å²) in [5.74, 6) is -0.959. The Labute approximate surface area is 268 Å². The number of benzene rings is 2. The van der Waals surface area contributed by atoms with Gasteiger partial charge in [-0.2, -0.15) is 10.2 Å². The van der Waals surface area contributed by atoms with E-state index in [9.17, 15) is 26.4 Å². The molecule has 1 aliphatic heterocycles. The molecule has 1 unspecified atom stereocenters. The Morgan fingerprint density at radius 2 is 1.89 bits per heavy atom. The summed E-state index contributed by atoms with van der Waals surface area (Å²) in [6, 6.07) is 11.9. The number of pyridine rings is 1. The van der Waals surface area contributed by atoms with Gasteiger partial charge in [-0.25, -0.2) is 31.5 Å². The number of thiazole rings is 1. The van der Waals surface area contributed by atoms with Crippen LogP contribution >= 0.6 is 11.3 Å². The van der Waals surface area contributed by atoms with E-state index in [1.54, 1.807) is 12.1 Å². The van der Waals surface area contributed by atoms with Gasteiger partial charge in [-0.05, 0) is 75.3 Å². The van der Waals surface area contributed by atoms with Crippen molar-refractivity contribution in [2.75, 3.05) is 32.6 Å². The zero-order valence-electron chi connectivity index (χ0n) is 24.7. The smallest absolute Gasteiger partial charge is 0.266 e. The highest BCUT2D eigenvalue weighted by molar-refractivity contribution is 7.92. The molecule has 2 aliphatic rings. The molecular formula is C29H29N7O7S3. The zero-order valence-corrected chi connectivity index (χ0v) is 27.2. The third-order valence-electron chi connectivity index (χ3n) is 7.21. The maximum Gasteiger partial charge on any atom is 0.266 e. The molecule has 1 fully saturated rings. The van der Waals surface area contributed by atoms with Crippen molar-refractivity contribution in [2.45, 2.75) is 40.3 Å². The first-order chi connectivity index (χ1) is 21.9. The molecule has 6 rings (SSSR count). The molecule has 14 nitrogen and oxygen atoms in total. The SMILES string of the molecule is CN(C)CCCOc1ccc2nc(NC(=O)C(N=Nc3ccc4c(c3)C(=O)NS4(=O)=O)c3ccc(S(=O)(=O)C4CC4)cc3)sc2n1. The van der Waals surface area contributed by atoms with Gasteiger partial charge in [-0.3, -0.25) is 14.9 Å². The molecule has 2 aromatic heterocycles. The summed E-state index contributed by atoms with van der Waals surface area (Å²) in [4.78, 5) is 37.3. The Morgan fingerprint density at radius 1 is 1.13 bits per heavy atom. The van der Waals surface area contributed by atoms with Crippen LogP contribution in [0.5, 0.6) is 5.88 Å². The molecule has 0 saturated heterocycles. The van der Waals surface area contributed by atoms with Crippen molar-refractivity contribution < 1.29 is 31.2 Å². The zero-order chi connectivity index (χ0) is 32.6. The number of anilines is 1. The van der Waals surface area contributed by atoms with Crippen molar-refractivity contribution in [3.8, 4) is 5.88 Å².